The summed E-state index contributed by atoms with van der Waals surface area (Å²) in [6.45, 7) is 4.78. The number of hydrogen-bond acceptors (Lipinski definition) is 3. The van der Waals surface area contributed by atoms with E-state index in [1.807, 2.05) is 18.2 Å². The number of ether oxygens (including phenoxy) is 1. The van der Waals surface area contributed by atoms with E-state index in [2.05, 4.69) is 19.9 Å². The SMILES string of the molecule is CC(C)c1ccccc1OCCC1CCCC1(N)C(=O)O. The van der Waals surface area contributed by atoms with Gasteiger partial charge in [0.25, 0.3) is 0 Å². The largest absolute Gasteiger partial charge is 0.493 e. The average Bonchev–Trinajstić information content (AvgIpc) is 2.82. The van der Waals surface area contributed by atoms with Crippen molar-refractivity contribution in [3.8, 4) is 5.75 Å². The summed E-state index contributed by atoms with van der Waals surface area (Å²) in [6, 6.07) is 8.01. The van der Waals surface area contributed by atoms with Crippen LogP contribution in [0.5, 0.6) is 5.75 Å². The van der Waals surface area contributed by atoms with E-state index >= 15 is 0 Å². The van der Waals surface area contributed by atoms with Gasteiger partial charge in [0.15, 0.2) is 0 Å². The van der Waals surface area contributed by atoms with Gasteiger partial charge in [0.1, 0.15) is 11.3 Å². The van der Waals surface area contributed by atoms with E-state index in [1.54, 1.807) is 0 Å². The molecule has 4 nitrogen and oxygen atoms in total. The monoisotopic (exact) mass is 291 g/mol. The Morgan fingerprint density at radius 3 is 2.86 bits per heavy atom. The molecule has 116 valence electrons. The quantitative estimate of drug-likeness (QED) is 0.844. The van der Waals surface area contributed by atoms with Crippen LogP contribution in [0.1, 0.15) is 51.0 Å². The number of rotatable bonds is 6. The third-order valence-electron chi connectivity index (χ3n) is 4.53. The Morgan fingerprint density at radius 1 is 1.48 bits per heavy atom. The smallest absolute Gasteiger partial charge is 0.323 e. The highest BCUT2D eigenvalue weighted by molar-refractivity contribution is 5.79. The first kappa shape index (κ1) is 15.8. The predicted molar refractivity (Wildman–Crippen MR) is 82.5 cm³/mol. The lowest BCUT2D eigenvalue weighted by Gasteiger charge is -2.27. The number of hydrogen-bond donors (Lipinski definition) is 2. The number of para-hydroxylation sites is 1. The van der Waals surface area contributed by atoms with Crippen LogP contribution in [0.3, 0.4) is 0 Å². The highest BCUT2D eigenvalue weighted by Gasteiger charge is 2.45. The molecule has 1 fully saturated rings. The van der Waals surface area contributed by atoms with Crippen LogP contribution in [-0.4, -0.2) is 23.2 Å². The van der Waals surface area contributed by atoms with Crippen LogP contribution in [-0.2, 0) is 4.79 Å². The molecule has 0 saturated heterocycles. The van der Waals surface area contributed by atoms with Gasteiger partial charge < -0.3 is 15.6 Å². The molecule has 0 radical (unpaired) electrons. The Morgan fingerprint density at radius 2 is 2.19 bits per heavy atom. The van der Waals surface area contributed by atoms with Crippen LogP contribution in [0.15, 0.2) is 24.3 Å². The molecule has 0 aliphatic heterocycles. The minimum atomic E-state index is -1.07. The molecule has 0 spiro atoms. The second-order valence-electron chi connectivity index (χ2n) is 6.26. The number of nitrogens with two attached hydrogens (primary N) is 1. The lowest BCUT2D eigenvalue weighted by Crippen LogP contribution is -2.51. The van der Waals surface area contributed by atoms with Crippen molar-refractivity contribution in [3.63, 3.8) is 0 Å². The third-order valence-corrected chi connectivity index (χ3v) is 4.53. The molecule has 2 rings (SSSR count). The number of aliphatic carboxylic acids is 1. The standard InChI is InChI=1S/C17H25NO3/c1-12(2)14-7-3-4-8-15(14)21-11-9-13-6-5-10-17(13,18)16(19)20/h3-4,7-8,12-13H,5-6,9-11,18H2,1-2H3,(H,19,20). The Hall–Kier alpha value is -1.55. The van der Waals surface area contributed by atoms with Crippen LogP contribution in [0.2, 0.25) is 0 Å². The van der Waals surface area contributed by atoms with Gasteiger partial charge in [-0.25, -0.2) is 0 Å². The fourth-order valence-corrected chi connectivity index (χ4v) is 3.19. The maximum atomic E-state index is 11.3. The number of carboxylic acids is 1. The molecule has 1 aromatic rings. The molecule has 0 heterocycles. The average molecular weight is 291 g/mol. The first-order chi connectivity index (χ1) is 9.95. The minimum Gasteiger partial charge on any atom is -0.493 e. The topological polar surface area (TPSA) is 72.5 Å². The Labute approximate surface area is 126 Å². The van der Waals surface area contributed by atoms with Crippen LogP contribution in [0, 0.1) is 5.92 Å². The predicted octanol–water partition coefficient (Wildman–Crippen LogP) is 3.16. The van der Waals surface area contributed by atoms with E-state index in [9.17, 15) is 9.90 Å². The maximum absolute atomic E-state index is 11.3. The van der Waals surface area contributed by atoms with Crippen molar-refractivity contribution in [2.24, 2.45) is 11.7 Å². The summed E-state index contributed by atoms with van der Waals surface area (Å²) in [5, 5.41) is 9.31. The molecular formula is C17H25NO3. The highest BCUT2D eigenvalue weighted by Crippen LogP contribution is 2.36. The normalized spacial score (nSPS) is 25.2. The zero-order chi connectivity index (χ0) is 15.5. The van der Waals surface area contributed by atoms with Crippen molar-refractivity contribution in [3.05, 3.63) is 29.8 Å². The molecule has 0 amide bonds. The van der Waals surface area contributed by atoms with Crippen LogP contribution in [0.25, 0.3) is 0 Å². The number of carbonyl (C=O) groups is 1. The Bertz CT molecular complexity index is 501. The molecule has 1 aliphatic carbocycles. The van der Waals surface area contributed by atoms with Gasteiger partial charge in [-0.2, -0.15) is 0 Å². The fourth-order valence-electron chi connectivity index (χ4n) is 3.19. The number of carboxylic acid groups (broad SMARTS) is 1. The first-order valence-electron chi connectivity index (χ1n) is 7.69. The summed E-state index contributed by atoms with van der Waals surface area (Å²) in [4.78, 5) is 11.3. The van der Waals surface area contributed by atoms with Gasteiger partial charge in [0.05, 0.1) is 6.61 Å². The van der Waals surface area contributed by atoms with Gasteiger partial charge >= 0.3 is 5.97 Å². The van der Waals surface area contributed by atoms with E-state index < -0.39 is 11.5 Å². The van der Waals surface area contributed by atoms with Gasteiger partial charge in [0.2, 0.25) is 0 Å². The van der Waals surface area contributed by atoms with Crippen molar-refractivity contribution in [1.82, 2.24) is 0 Å². The lowest BCUT2D eigenvalue weighted by molar-refractivity contribution is -0.144. The van der Waals surface area contributed by atoms with E-state index in [1.165, 1.54) is 5.56 Å². The second-order valence-corrected chi connectivity index (χ2v) is 6.26. The van der Waals surface area contributed by atoms with Crippen molar-refractivity contribution in [2.75, 3.05) is 6.61 Å². The number of benzene rings is 1. The summed E-state index contributed by atoms with van der Waals surface area (Å²) in [5.74, 6) is 0.414. The zero-order valence-electron chi connectivity index (χ0n) is 12.8. The van der Waals surface area contributed by atoms with Crippen LogP contribution in [0.4, 0.5) is 0 Å². The second kappa shape index (κ2) is 6.48. The summed E-state index contributed by atoms with van der Waals surface area (Å²) < 4.78 is 5.88. The highest BCUT2D eigenvalue weighted by atomic mass is 16.5. The maximum Gasteiger partial charge on any atom is 0.323 e. The zero-order valence-corrected chi connectivity index (χ0v) is 12.8. The molecule has 2 atom stereocenters. The van der Waals surface area contributed by atoms with Crippen LogP contribution >= 0.6 is 0 Å². The van der Waals surface area contributed by atoms with Crippen molar-refractivity contribution in [2.45, 2.75) is 51.0 Å². The van der Waals surface area contributed by atoms with Gasteiger partial charge in [-0.05, 0) is 42.7 Å². The molecule has 21 heavy (non-hydrogen) atoms. The molecule has 0 aromatic heterocycles. The van der Waals surface area contributed by atoms with Crippen molar-refractivity contribution >= 4 is 5.97 Å². The molecule has 3 N–H and O–H groups in total. The van der Waals surface area contributed by atoms with Gasteiger partial charge in [-0.15, -0.1) is 0 Å². The Kier molecular flexibility index (Phi) is 4.88. The molecule has 1 aromatic carbocycles. The van der Waals surface area contributed by atoms with E-state index in [4.69, 9.17) is 10.5 Å². The molecule has 0 bridgehead atoms. The molecular weight excluding hydrogens is 266 g/mol. The van der Waals surface area contributed by atoms with Crippen LogP contribution < -0.4 is 10.5 Å². The van der Waals surface area contributed by atoms with Gasteiger partial charge in [-0.1, -0.05) is 38.5 Å². The van der Waals surface area contributed by atoms with E-state index in [0.29, 0.717) is 25.4 Å². The summed E-state index contributed by atoms with van der Waals surface area (Å²) in [7, 11) is 0. The first-order valence-corrected chi connectivity index (χ1v) is 7.69. The molecule has 2 unspecified atom stereocenters. The van der Waals surface area contributed by atoms with E-state index in [0.717, 1.165) is 18.6 Å². The summed E-state index contributed by atoms with van der Waals surface area (Å²) in [5.41, 5.74) is 6.16. The summed E-state index contributed by atoms with van der Waals surface area (Å²) in [6.07, 6.45) is 3.01. The molecule has 1 aliphatic rings. The van der Waals surface area contributed by atoms with Crippen molar-refractivity contribution in [1.29, 1.82) is 0 Å². The molecule has 1 saturated carbocycles. The van der Waals surface area contributed by atoms with Gasteiger partial charge in [0, 0.05) is 0 Å². The Balaban J connectivity index is 1.95. The van der Waals surface area contributed by atoms with Gasteiger partial charge in [-0.3, -0.25) is 4.79 Å². The molecule has 4 heteroatoms. The summed E-state index contributed by atoms with van der Waals surface area (Å²) >= 11 is 0. The van der Waals surface area contributed by atoms with Crippen molar-refractivity contribution < 1.29 is 14.6 Å². The third kappa shape index (κ3) is 3.38. The van der Waals surface area contributed by atoms with E-state index in [-0.39, 0.29) is 5.92 Å². The minimum absolute atomic E-state index is 0.00112. The fraction of sp³-hybridized carbons (Fsp3) is 0.588. The lowest BCUT2D eigenvalue weighted by atomic mass is 9.86.